The maximum atomic E-state index is 6.63. The molecule has 0 unspecified atom stereocenters. The lowest BCUT2D eigenvalue weighted by Gasteiger charge is -2.07. The molecule has 328 valence electrons. The van der Waals surface area contributed by atoms with E-state index in [1.807, 2.05) is 22.7 Å². The summed E-state index contributed by atoms with van der Waals surface area (Å²) >= 11 is 4.01. The topological polar surface area (TPSA) is 39.4 Å². The van der Waals surface area contributed by atoms with Crippen LogP contribution in [0, 0.1) is 0 Å². The summed E-state index contributed by atoms with van der Waals surface area (Å²) in [7, 11) is 0. The largest absolute Gasteiger partial charge is 0.456 e. The van der Waals surface area contributed by atoms with Gasteiger partial charge in [0.1, 0.15) is 33.5 Å². The van der Waals surface area contributed by atoms with Gasteiger partial charge in [0.2, 0.25) is 0 Å². The van der Waals surface area contributed by atoms with Crippen LogP contribution in [0.25, 0.3) is 129 Å². The lowest BCUT2D eigenvalue weighted by molar-refractivity contribution is 0.656. The predicted octanol–water partition coefficient (Wildman–Crippen LogP) is 19.6. The van der Waals surface area contributed by atoms with Crippen molar-refractivity contribution in [1.29, 1.82) is 0 Å². The van der Waals surface area contributed by atoms with E-state index in [1.54, 1.807) is 0 Å². The van der Waals surface area contributed by atoms with Crippen molar-refractivity contribution in [1.82, 2.24) is 0 Å². The standard InChI is InChI=1S/C63H46O3S2/c1-3-5-17-44-60(41-22-25-55-49(30-41)51-33-47-43(32-57(51)64-55)27-40-20-19-38(28-46(40)47)36-13-9-7-10-14-36)67-63-45(18-6-4-2)61(68-62(44)63)42-23-26-56-50(31-42)53-34-52-48-29-39(37-15-11-8-12-16-37)21-24-54(48)65-58(52)35-59(53)66-56/h7-16,19-26,28-35H,3-6,17-18,27H2,1-2H3. The number of fused-ring (bicyclic) bond motifs is 13. The summed E-state index contributed by atoms with van der Waals surface area (Å²) in [4.78, 5) is 2.80. The molecule has 0 radical (unpaired) electrons. The Morgan fingerprint density at radius 3 is 1.35 bits per heavy atom. The average Bonchev–Trinajstić information content (AvgIpc) is 4.23. The molecule has 0 fully saturated rings. The summed E-state index contributed by atoms with van der Waals surface area (Å²) in [5.41, 5.74) is 21.2. The fraction of sp³-hybridized carbons (Fsp3) is 0.143. The number of benzene rings is 8. The Labute approximate surface area is 401 Å². The van der Waals surface area contributed by atoms with Crippen LogP contribution in [0.2, 0.25) is 0 Å². The van der Waals surface area contributed by atoms with Gasteiger partial charge < -0.3 is 13.3 Å². The summed E-state index contributed by atoms with van der Waals surface area (Å²) < 4.78 is 22.5. The van der Waals surface area contributed by atoms with Gasteiger partial charge in [0.05, 0.1) is 0 Å². The van der Waals surface area contributed by atoms with E-state index in [9.17, 15) is 0 Å². The van der Waals surface area contributed by atoms with Crippen molar-refractivity contribution in [3.63, 3.8) is 0 Å². The molecular weight excluding hydrogens is 869 g/mol. The first-order chi connectivity index (χ1) is 33.6. The number of aryl methyl sites for hydroxylation is 2. The molecular formula is C63H46O3S2. The molecule has 14 rings (SSSR count). The van der Waals surface area contributed by atoms with E-state index >= 15 is 0 Å². The molecule has 3 nitrogen and oxygen atoms in total. The zero-order valence-corrected chi connectivity index (χ0v) is 39.6. The van der Waals surface area contributed by atoms with E-state index in [4.69, 9.17) is 13.3 Å². The summed E-state index contributed by atoms with van der Waals surface area (Å²) in [5, 5.41) is 6.88. The highest BCUT2D eigenvalue weighted by Gasteiger charge is 2.26. The fourth-order valence-corrected chi connectivity index (χ4v) is 14.1. The molecule has 5 heteroatoms. The minimum absolute atomic E-state index is 0.847. The summed E-state index contributed by atoms with van der Waals surface area (Å²) in [6.07, 6.45) is 7.65. The van der Waals surface area contributed by atoms with Crippen LogP contribution in [-0.2, 0) is 19.3 Å². The van der Waals surface area contributed by atoms with Gasteiger partial charge in [-0.05, 0) is 172 Å². The molecule has 1 aliphatic rings. The number of rotatable bonds is 10. The number of furan rings is 3. The molecule has 0 amide bonds. The molecule has 0 aliphatic heterocycles. The van der Waals surface area contributed by atoms with Crippen molar-refractivity contribution in [2.24, 2.45) is 0 Å². The summed E-state index contributed by atoms with van der Waals surface area (Å²) in [5.74, 6) is 0. The molecule has 5 aromatic heterocycles. The normalized spacial score (nSPS) is 12.6. The molecule has 0 saturated heterocycles. The van der Waals surface area contributed by atoms with Crippen LogP contribution in [0.3, 0.4) is 0 Å². The third kappa shape index (κ3) is 6.29. The van der Waals surface area contributed by atoms with E-state index in [1.165, 1.54) is 96.7 Å². The van der Waals surface area contributed by atoms with Crippen molar-refractivity contribution in [3.8, 4) is 54.3 Å². The van der Waals surface area contributed by atoms with Gasteiger partial charge in [0, 0.05) is 57.5 Å². The van der Waals surface area contributed by atoms with Crippen LogP contribution in [0.4, 0.5) is 0 Å². The highest BCUT2D eigenvalue weighted by Crippen LogP contribution is 2.51. The van der Waals surface area contributed by atoms with Crippen LogP contribution < -0.4 is 0 Å². The second kappa shape index (κ2) is 15.7. The Bertz CT molecular complexity index is 4140. The maximum absolute atomic E-state index is 6.63. The Morgan fingerprint density at radius 1 is 0.368 bits per heavy atom. The Morgan fingerprint density at radius 2 is 0.809 bits per heavy atom. The van der Waals surface area contributed by atoms with Crippen LogP contribution in [0.5, 0.6) is 0 Å². The molecule has 0 N–H and O–H groups in total. The molecule has 5 heterocycles. The van der Waals surface area contributed by atoms with Crippen LogP contribution in [0.15, 0.2) is 171 Å². The van der Waals surface area contributed by atoms with Crippen molar-refractivity contribution >= 4 is 97.9 Å². The first-order valence-corrected chi connectivity index (χ1v) is 25.8. The minimum Gasteiger partial charge on any atom is -0.456 e. The lowest BCUT2D eigenvalue weighted by atomic mass is 9.97. The number of thiophene rings is 2. The van der Waals surface area contributed by atoms with Crippen LogP contribution in [0.1, 0.15) is 61.8 Å². The maximum Gasteiger partial charge on any atom is 0.139 e. The first-order valence-electron chi connectivity index (χ1n) is 24.2. The minimum atomic E-state index is 0.847. The number of unbranched alkanes of at least 4 members (excludes halogenated alkanes) is 2. The number of hydrogen-bond acceptors (Lipinski definition) is 5. The molecule has 0 spiro atoms. The molecule has 68 heavy (non-hydrogen) atoms. The van der Waals surface area contributed by atoms with Crippen molar-refractivity contribution in [2.45, 2.75) is 58.8 Å². The first kappa shape index (κ1) is 39.9. The van der Waals surface area contributed by atoms with Crippen molar-refractivity contribution < 1.29 is 13.3 Å². The van der Waals surface area contributed by atoms with E-state index in [2.05, 4.69) is 172 Å². The lowest BCUT2D eigenvalue weighted by Crippen LogP contribution is -1.86. The molecule has 13 aromatic rings. The molecule has 0 atom stereocenters. The smallest absolute Gasteiger partial charge is 0.139 e. The molecule has 0 bridgehead atoms. The van der Waals surface area contributed by atoms with Gasteiger partial charge in [-0.2, -0.15) is 0 Å². The van der Waals surface area contributed by atoms with Crippen LogP contribution in [-0.4, -0.2) is 0 Å². The molecule has 1 aliphatic carbocycles. The highest BCUT2D eigenvalue weighted by molar-refractivity contribution is 7.31. The highest BCUT2D eigenvalue weighted by atomic mass is 32.1. The third-order valence-corrected chi connectivity index (χ3v) is 17.4. The van der Waals surface area contributed by atoms with Gasteiger partial charge in [0.15, 0.2) is 0 Å². The summed E-state index contributed by atoms with van der Waals surface area (Å²) in [6, 6.07) is 57.6. The zero-order chi connectivity index (χ0) is 45.0. The van der Waals surface area contributed by atoms with E-state index in [0.717, 1.165) is 100.0 Å². The number of hydrogen-bond donors (Lipinski definition) is 0. The predicted molar refractivity (Wildman–Crippen MR) is 289 cm³/mol. The van der Waals surface area contributed by atoms with Gasteiger partial charge in [0.25, 0.3) is 0 Å². The SMILES string of the molecule is CCCCc1c(-c2ccc3oc4cc5c(cc4c3c2)-c2cc(-c3ccccc3)ccc2C5)sc2c(CCCC)c(-c3ccc4oc5cc6oc7ccc(-c8ccccc8)cc7c6cc5c4c3)sc12. The summed E-state index contributed by atoms with van der Waals surface area (Å²) in [6.45, 7) is 4.62. The van der Waals surface area contributed by atoms with E-state index < -0.39 is 0 Å². The van der Waals surface area contributed by atoms with Gasteiger partial charge in [-0.15, -0.1) is 22.7 Å². The second-order valence-electron chi connectivity index (χ2n) is 18.8. The third-order valence-electron chi connectivity index (χ3n) is 14.5. The fourth-order valence-electron chi connectivity index (χ4n) is 11.0. The Balaban J connectivity index is 0.884. The monoisotopic (exact) mass is 914 g/mol. The molecule has 8 aromatic carbocycles. The Kier molecular flexibility index (Phi) is 9.22. The quantitative estimate of drug-likeness (QED) is 0.137. The van der Waals surface area contributed by atoms with Crippen molar-refractivity contribution in [3.05, 3.63) is 180 Å². The second-order valence-corrected chi connectivity index (χ2v) is 20.8. The molecule has 0 saturated carbocycles. The van der Waals surface area contributed by atoms with E-state index in [-0.39, 0.29) is 0 Å². The Hall–Kier alpha value is -7.18. The van der Waals surface area contributed by atoms with Gasteiger partial charge in [-0.3, -0.25) is 0 Å². The van der Waals surface area contributed by atoms with Gasteiger partial charge in [-0.1, -0.05) is 106 Å². The van der Waals surface area contributed by atoms with Gasteiger partial charge in [-0.25, -0.2) is 0 Å². The zero-order valence-electron chi connectivity index (χ0n) is 38.0. The van der Waals surface area contributed by atoms with Crippen LogP contribution >= 0.6 is 22.7 Å². The van der Waals surface area contributed by atoms with Gasteiger partial charge >= 0.3 is 0 Å². The van der Waals surface area contributed by atoms with Crippen molar-refractivity contribution in [2.75, 3.05) is 0 Å². The average molecular weight is 915 g/mol. The van der Waals surface area contributed by atoms with E-state index in [0.29, 0.717) is 0 Å².